The van der Waals surface area contributed by atoms with Gasteiger partial charge >= 0.3 is 0 Å². The number of fused-ring (bicyclic) bond motifs is 1. The maximum atomic E-state index is 13.2. The summed E-state index contributed by atoms with van der Waals surface area (Å²) in [5, 5.41) is 17.8. The van der Waals surface area contributed by atoms with E-state index in [2.05, 4.69) is 35.8 Å². The third kappa shape index (κ3) is 3.33. The van der Waals surface area contributed by atoms with E-state index in [1.807, 2.05) is 37.3 Å². The van der Waals surface area contributed by atoms with Crippen LogP contribution in [0.5, 0.6) is 0 Å². The Hall–Kier alpha value is -4.28. The van der Waals surface area contributed by atoms with Gasteiger partial charge in [0.2, 0.25) is 0 Å². The first-order valence-electron chi connectivity index (χ1n) is 10.2. The topological polar surface area (TPSA) is 132 Å². The van der Waals surface area contributed by atoms with Gasteiger partial charge in [-0.3, -0.25) is 14.3 Å². The highest BCUT2D eigenvalue weighted by molar-refractivity contribution is 5.95. The van der Waals surface area contributed by atoms with Gasteiger partial charge in [0.1, 0.15) is 29.3 Å². The van der Waals surface area contributed by atoms with Crippen LogP contribution < -0.4 is 5.32 Å². The SMILES string of the molecule is CCc1cnnn1-c1cc(C(=O)N[C@@H](C)c2ncn[nH]2)cn2c(-c3ccc(C)o3)cnc12. The first-order chi connectivity index (χ1) is 15.5. The number of aromatic nitrogens is 8. The summed E-state index contributed by atoms with van der Waals surface area (Å²) in [6.07, 6.45) is 7.29. The number of rotatable bonds is 6. The van der Waals surface area contributed by atoms with Crippen molar-refractivity contribution in [1.82, 2.24) is 44.9 Å². The molecule has 0 saturated carbocycles. The van der Waals surface area contributed by atoms with E-state index in [1.54, 1.807) is 29.3 Å². The fraction of sp³-hybridized carbons (Fsp3) is 0.238. The Morgan fingerprint density at radius 3 is 2.88 bits per heavy atom. The second-order valence-corrected chi connectivity index (χ2v) is 7.42. The monoisotopic (exact) mass is 431 g/mol. The smallest absolute Gasteiger partial charge is 0.253 e. The molecule has 5 rings (SSSR count). The number of furan rings is 1. The normalized spacial score (nSPS) is 12.3. The van der Waals surface area contributed by atoms with Crippen LogP contribution in [0.1, 0.15) is 47.5 Å². The molecule has 5 aromatic rings. The van der Waals surface area contributed by atoms with Crippen LogP contribution in [0.25, 0.3) is 22.8 Å². The zero-order chi connectivity index (χ0) is 22.2. The van der Waals surface area contributed by atoms with Crippen molar-refractivity contribution in [3.05, 3.63) is 66.0 Å². The predicted molar refractivity (Wildman–Crippen MR) is 114 cm³/mol. The Morgan fingerprint density at radius 1 is 1.28 bits per heavy atom. The standard InChI is InChI=1S/C21H21N9O2/c1-4-15-8-24-28-30(15)16-7-14(21(31)26-13(3)19-23-11-25-27-19)10-29-17(9-22-20(16)29)18-6-5-12(2)32-18/h5-11,13H,4H2,1-3H3,(H,26,31)(H,23,25,27)/t13-/m0/s1. The molecule has 1 atom stereocenters. The predicted octanol–water partition coefficient (Wildman–Crippen LogP) is 2.65. The largest absolute Gasteiger partial charge is 0.460 e. The van der Waals surface area contributed by atoms with Crippen LogP contribution >= 0.6 is 0 Å². The minimum absolute atomic E-state index is 0.273. The molecule has 0 aliphatic rings. The lowest BCUT2D eigenvalue weighted by Crippen LogP contribution is -2.28. The molecule has 2 N–H and O–H groups in total. The number of hydrogen-bond donors (Lipinski definition) is 2. The first kappa shape index (κ1) is 19.7. The second-order valence-electron chi connectivity index (χ2n) is 7.42. The Labute approximate surface area is 182 Å². The number of nitrogens with one attached hydrogen (secondary N) is 2. The van der Waals surface area contributed by atoms with Crippen molar-refractivity contribution in [3.63, 3.8) is 0 Å². The average Bonchev–Trinajstić information content (AvgIpc) is 3.59. The van der Waals surface area contributed by atoms with Gasteiger partial charge in [0, 0.05) is 6.20 Å². The molecule has 0 fully saturated rings. The lowest BCUT2D eigenvalue weighted by Gasteiger charge is -2.14. The highest BCUT2D eigenvalue weighted by atomic mass is 16.3. The zero-order valence-corrected chi connectivity index (χ0v) is 17.8. The summed E-state index contributed by atoms with van der Waals surface area (Å²) >= 11 is 0. The van der Waals surface area contributed by atoms with E-state index >= 15 is 0 Å². The molecule has 32 heavy (non-hydrogen) atoms. The quantitative estimate of drug-likeness (QED) is 0.422. The molecule has 0 unspecified atom stereocenters. The van der Waals surface area contributed by atoms with Gasteiger partial charge in [0.05, 0.1) is 29.7 Å². The summed E-state index contributed by atoms with van der Waals surface area (Å²) in [6, 6.07) is 5.18. The number of amides is 1. The number of imidazole rings is 1. The van der Waals surface area contributed by atoms with E-state index < -0.39 is 0 Å². The minimum atomic E-state index is -0.350. The summed E-state index contributed by atoms with van der Waals surface area (Å²) in [4.78, 5) is 21.9. The highest BCUT2D eigenvalue weighted by Crippen LogP contribution is 2.27. The third-order valence-electron chi connectivity index (χ3n) is 5.24. The van der Waals surface area contributed by atoms with Crippen LogP contribution in [-0.4, -0.2) is 45.5 Å². The van der Waals surface area contributed by atoms with Gasteiger partial charge in [-0.25, -0.2) is 14.6 Å². The molecule has 0 saturated heterocycles. The summed E-state index contributed by atoms with van der Waals surface area (Å²) in [6.45, 7) is 5.73. The third-order valence-corrected chi connectivity index (χ3v) is 5.24. The van der Waals surface area contributed by atoms with Crippen molar-refractivity contribution < 1.29 is 9.21 Å². The molecule has 0 radical (unpaired) electrons. The molecule has 5 aromatic heterocycles. The van der Waals surface area contributed by atoms with Gasteiger partial charge in [-0.15, -0.1) is 5.10 Å². The van der Waals surface area contributed by atoms with Crippen LogP contribution in [0.2, 0.25) is 0 Å². The van der Waals surface area contributed by atoms with Crippen molar-refractivity contribution in [3.8, 4) is 17.1 Å². The number of pyridine rings is 1. The van der Waals surface area contributed by atoms with Crippen LogP contribution in [0.15, 0.2) is 47.5 Å². The van der Waals surface area contributed by atoms with Crippen LogP contribution in [0, 0.1) is 6.92 Å². The Kier molecular flexibility index (Phi) is 4.77. The van der Waals surface area contributed by atoms with Gasteiger partial charge in [-0.2, -0.15) is 5.10 Å². The van der Waals surface area contributed by atoms with Crippen molar-refractivity contribution in [2.75, 3.05) is 0 Å². The van der Waals surface area contributed by atoms with Crippen LogP contribution in [0.4, 0.5) is 0 Å². The Morgan fingerprint density at radius 2 is 2.16 bits per heavy atom. The van der Waals surface area contributed by atoms with E-state index in [4.69, 9.17) is 4.42 Å². The molecule has 0 spiro atoms. The molecule has 0 aliphatic carbocycles. The average molecular weight is 431 g/mol. The molecule has 0 bridgehead atoms. The molecule has 5 heterocycles. The number of nitrogens with zero attached hydrogens (tertiary/aromatic N) is 7. The lowest BCUT2D eigenvalue weighted by molar-refractivity contribution is 0.0938. The lowest BCUT2D eigenvalue weighted by atomic mass is 10.2. The summed E-state index contributed by atoms with van der Waals surface area (Å²) in [5.74, 6) is 1.74. The van der Waals surface area contributed by atoms with Crippen LogP contribution in [-0.2, 0) is 6.42 Å². The number of hydrogen-bond acceptors (Lipinski definition) is 7. The van der Waals surface area contributed by atoms with Crippen molar-refractivity contribution in [2.24, 2.45) is 0 Å². The van der Waals surface area contributed by atoms with Crippen molar-refractivity contribution in [1.29, 1.82) is 0 Å². The van der Waals surface area contributed by atoms with Crippen molar-refractivity contribution >= 4 is 11.6 Å². The van der Waals surface area contributed by atoms with E-state index in [0.717, 1.165) is 23.6 Å². The van der Waals surface area contributed by atoms with Gasteiger partial charge in [-0.1, -0.05) is 12.1 Å². The fourth-order valence-electron chi connectivity index (χ4n) is 3.58. The van der Waals surface area contributed by atoms with Gasteiger partial charge in [-0.05, 0) is 38.5 Å². The van der Waals surface area contributed by atoms with E-state index in [9.17, 15) is 4.79 Å². The zero-order valence-electron chi connectivity index (χ0n) is 17.8. The molecule has 11 heteroatoms. The van der Waals surface area contributed by atoms with Crippen molar-refractivity contribution in [2.45, 2.75) is 33.2 Å². The maximum Gasteiger partial charge on any atom is 0.253 e. The summed E-state index contributed by atoms with van der Waals surface area (Å²) in [7, 11) is 0. The number of carbonyl (C=O) groups excluding carboxylic acids is 1. The Balaban J connectivity index is 1.65. The van der Waals surface area contributed by atoms with Gasteiger partial charge in [0.25, 0.3) is 5.91 Å². The molecule has 0 aromatic carbocycles. The second kappa shape index (κ2) is 7.76. The van der Waals surface area contributed by atoms with Gasteiger partial charge < -0.3 is 9.73 Å². The Bertz CT molecular complexity index is 1390. The molecule has 162 valence electrons. The number of carbonyl (C=O) groups is 1. The number of H-pyrrole nitrogens is 1. The van der Waals surface area contributed by atoms with E-state index in [0.29, 0.717) is 28.5 Å². The van der Waals surface area contributed by atoms with E-state index in [-0.39, 0.29) is 11.9 Å². The number of aryl methyl sites for hydroxylation is 2. The minimum Gasteiger partial charge on any atom is -0.460 e. The molecule has 11 nitrogen and oxygen atoms in total. The highest BCUT2D eigenvalue weighted by Gasteiger charge is 2.20. The molecule has 1 amide bonds. The first-order valence-corrected chi connectivity index (χ1v) is 10.2. The number of aromatic amines is 1. The summed E-state index contributed by atoms with van der Waals surface area (Å²) < 4.78 is 9.35. The maximum absolute atomic E-state index is 13.2. The van der Waals surface area contributed by atoms with Gasteiger partial charge in [0.15, 0.2) is 11.4 Å². The fourth-order valence-corrected chi connectivity index (χ4v) is 3.58. The summed E-state index contributed by atoms with van der Waals surface area (Å²) in [5.41, 5.74) is 3.34. The molecular weight excluding hydrogens is 410 g/mol. The molecular formula is C21H21N9O2. The van der Waals surface area contributed by atoms with Crippen LogP contribution in [0.3, 0.4) is 0 Å². The van der Waals surface area contributed by atoms with E-state index in [1.165, 1.54) is 6.33 Å². The molecule has 0 aliphatic heterocycles.